The maximum Gasteiger partial charge on any atom is 0.0624 e. The average Bonchev–Trinajstić information content (AvgIpc) is 2.49. The first-order chi connectivity index (χ1) is 8.16. The van der Waals surface area contributed by atoms with Crippen molar-refractivity contribution in [3.05, 3.63) is 33.8 Å². The van der Waals surface area contributed by atoms with E-state index >= 15 is 0 Å². The molecule has 0 spiro atoms. The number of halogens is 3. The average molecular weight is 336 g/mol. The maximum absolute atomic E-state index is 6.25. The van der Waals surface area contributed by atoms with Crippen LogP contribution in [0.4, 0.5) is 0 Å². The van der Waals surface area contributed by atoms with Crippen molar-refractivity contribution >= 4 is 39.1 Å². The first-order valence-electron chi connectivity index (χ1n) is 6.23. The minimum absolute atomic E-state index is 0.674. The van der Waals surface area contributed by atoms with Gasteiger partial charge in [-0.3, -0.25) is 0 Å². The van der Waals surface area contributed by atoms with Gasteiger partial charge in [-0.05, 0) is 36.8 Å². The second-order valence-corrected chi connectivity index (χ2v) is 6.98. The van der Waals surface area contributed by atoms with Crippen LogP contribution in [0.5, 0.6) is 0 Å². The Morgan fingerprint density at radius 3 is 2.76 bits per heavy atom. The Hall–Kier alpha value is 0.280. The second-order valence-electron chi connectivity index (χ2n) is 4.90. The van der Waals surface area contributed by atoms with E-state index in [0.717, 1.165) is 17.4 Å². The molecule has 1 aromatic carbocycles. The van der Waals surface area contributed by atoms with Crippen molar-refractivity contribution in [3.8, 4) is 0 Å². The lowest BCUT2D eigenvalue weighted by molar-refractivity contribution is 0.464. The number of hydrogen-bond donors (Lipinski definition) is 0. The molecule has 1 aliphatic rings. The summed E-state index contributed by atoms with van der Waals surface area (Å²) in [5, 5.41) is 1.41. The molecule has 1 saturated carbocycles. The fourth-order valence-electron chi connectivity index (χ4n) is 2.60. The van der Waals surface area contributed by atoms with Gasteiger partial charge in [0.15, 0.2) is 0 Å². The van der Waals surface area contributed by atoms with Crippen LogP contribution in [0.2, 0.25) is 10.0 Å². The minimum Gasteiger partial charge on any atom is -0.0891 e. The summed E-state index contributed by atoms with van der Waals surface area (Å²) in [5.41, 5.74) is 1.20. The van der Waals surface area contributed by atoms with E-state index in [1.165, 1.54) is 37.7 Å². The summed E-state index contributed by atoms with van der Waals surface area (Å²) in [6, 6.07) is 5.95. The highest BCUT2D eigenvalue weighted by Crippen LogP contribution is 2.33. The molecule has 17 heavy (non-hydrogen) atoms. The van der Waals surface area contributed by atoms with Gasteiger partial charge in [-0.2, -0.15) is 0 Å². The Morgan fingerprint density at radius 2 is 1.94 bits per heavy atom. The molecular weight excluding hydrogens is 319 g/mol. The van der Waals surface area contributed by atoms with Gasteiger partial charge in [0.2, 0.25) is 0 Å². The van der Waals surface area contributed by atoms with Gasteiger partial charge in [0, 0.05) is 4.83 Å². The van der Waals surface area contributed by atoms with E-state index in [0.29, 0.717) is 9.85 Å². The third-order valence-electron chi connectivity index (χ3n) is 3.51. The van der Waals surface area contributed by atoms with Gasteiger partial charge >= 0.3 is 0 Å². The van der Waals surface area contributed by atoms with Crippen molar-refractivity contribution in [3.63, 3.8) is 0 Å². The molecule has 0 amide bonds. The van der Waals surface area contributed by atoms with Crippen LogP contribution in [0.15, 0.2) is 18.2 Å². The number of hydrogen-bond acceptors (Lipinski definition) is 0. The van der Waals surface area contributed by atoms with Crippen LogP contribution in [0, 0.1) is 5.92 Å². The second kappa shape index (κ2) is 6.45. The smallest absolute Gasteiger partial charge is 0.0624 e. The van der Waals surface area contributed by atoms with E-state index in [1.54, 1.807) is 0 Å². The fraction of sp³-hybridized carbons (Fsp3) is 0.571. The lowest BCUT2D eigenvalue weighted by Crippen LogP contribution is -2.08. The molecule has 0 N–H and O–H groups in total. The zero-order valence-corrected chi connectivity index (χ0v) is 12.9. The molecule has 0 heterocycles. The quantitative estimate of drug-likeness (QED) is 0.467. The van der Waals surface area contributed by atoms with Crippen molar-refractivity contribution in [2.75, 3.05) is 0 Å². The summed E-state index contributed by atoms with van der Waals surface area (Å²) < 4.78 is 0. The van der Waals surface area contributed by atoms with E-state index in [2.05, 4.69) is 22.0 Å². The number of rotatable bonds is 2. The zero-order chi connectivity index (χ0) is 12.3. The van der Waals surface area contributed by atoms with Crippen molar-refractivity contribution < 1.29 is 0 Å². The highest BCUT2D eigenvalue weighted by Gasteiger charge is 2.19. The topological polar surface area (TPSA) is 0 Å². The summed E-state index contributed by atoms with van der Waals surface area (Å²) in [7, 11) is 0. The Kier molecular flexibility index (Phi) is 5.20. The Labute approximate surface area is 122 Å². The van der Waals surface area contributed by atoms with E-state index < -0.39 is 0 Å². The molecule has 2 atom stereocenters. The zero-order valence-electron chi connectivity index (χ0n) is 9.76. The molecule has 2 rings (SSSR count). The van der Waals surface area contributed by atoms with Crippen LogP contribution >= 0.6 is 39.1 Å². The predicted molar refractivity (Wildman–Crippen MR) is 79.5 cm³/mol. The van der Waals surface area contributed by atoms with Gasteiger partial charge in [-0.25, -0.2) is 0 Å². The normalized spacial score (nSPS) is 25.6. The Balaban J connectivity index is 2.06. The van der Waals surface area contributed by atoms with Crippen LogP contribution in [0.25, 0.3) is 0 Å². The maximum atomic E-state index is 6.25. The molecule has 0 aromatic heterocycles. The highest BCUT2D eigenvalue weighted by atomic mass is 79.9. The van der Waals surface area contributed by atoms with Gasteiger partial charge in [-0.1, -0.05) is 70.5 Å². The molecule has 94 valence electrons. The molecule has 0 radical (unpaired) electrons. The summed E-state index contributed by atoms with van der Waals surface area (Å²) >= 11 is 16.1. The molecule has 1 aliphatic carbocycles. The Morgan fingerprint density at radius 1 is 1.18 bits per heavy atom. The molecule has 0 aliphatic heterocycles. The summed E-state index contributed by atoms with van der Waals surface area (Å²) in [5.74, 6) is 0.734. The lowest BCUT2D eigenvalue weighted by Gasteiger charge is -2.17. The largest absolute Gasteiger partial charge is 0.0891 e. The first kappa shape index (κ1) is 13.7. The van der Waals surface area contributed by atoms with Gasteiger partial charge in [0.25, 0.3) is 0 Å². The molecule has 0 bridgehead atoms. The standard InChI is InChI=1S/C14H17BrCl2/c15-12-6-2-1-4-10(9-12)8-11-5-3-7-13(16)14(11)17/h3,5,7,10,12H,1-2,4,6,8-9H2. The van der Waals surface area contributed by atoms with Crippen LogP contribution in [0.1, 0.15) is 37.7 Å². The summed E-state index contributed by atoms with van der Waals surface area (Å²) in [6.45, 7) is 0. The molecule has 3 heteroatoms. The molecule has 1 fully saturated rings. The van der Waals surface area contributed by atoms with Gasteiger partial charge in [0.1, 0.15) is 0 Å². The molecular formula is C14H17BrCl2. The van der Waals surface area contributed by atoms with Gasteiger partial charge < -0.3 is 0 Å². The van der Waals surface area contributed by atoms with Crippen LogP contribution in [0.3, 0.4) is 0 Å². The molecule has 2 unspecified atom stereocenters. The third-order valence-corrected chi connectivity index (χ3v) is 5.20. The van der Waals surface area contributed by atoms with Gasteiger partial charge in [0.05, 0.1) is 10.0 Å². The Bertz CT molecular complexity index is 378. The van der Waals surface area contributed by atoms with E-state index in [9.17, 15) is 0 Å². The molecule has 0 saturated heterocycles. The minimum atomic E-state index is 0.674. The highest BCUT2D eigenvalue weighted by molar-refractivity contribution is 9.09. The van der Waals surface area contributed by atoms with Crippen molar-refractivity contribution in [1.29, 1.82) is 0 Å². The molecule has 0 nitrogen and oxygen atoms in total. The monoisotopic (exact) mass is 334 g/mol. The number of benzene rings is 1. The van der Waals surface area contributed by atoms with Gasteiger partial charge in [-0.15, -0.1) is 0 Å². The lowest BCUT2D eigenvalue weighted by atomic mass is 9.92. The summed E-state index contributed by atoms with van der Waals surface area (Å²) in [4.78, 5) is 0.674. The van der Waals surface area contributed by atoms with Crippen molar-refractivity contribution in [2.24, 2.45) is 5.92 Å². The molecule has 1 aromatic rings. The summed E-state index contributed by atoms with van der Waals surface area (Å²) in [6.07, 6.45) is 7.61. The van der Waals surface area contributed by atoms with E-state index in [4.69, 9.17) is 23.2 Å². The van der Waals surface area contributed by atoms with E-state index in [-0.39, 0.29) is 0 Å². The predicted octanol–water partition coefficient (Wildman–Crippen LogP) is 5.88. The fourth-order valence-corrected chi connectivity index (χ4v) is 3.85. The first-order valence-corrected chi connectivity index (χ1v) is 7.91. The number of alkyl halides is 1. The third kappa shape index (κ3) is 3.87. The van der Waals surface area contributed by atoms with Crippen LogP contribution in [-0.2, 0) is 6.42 Å². The van der Waals surface area contributed by atoms with Crippen molar-refractivity contribution in [1.82, 2.24) is 0 Å². The van der Waals surface area contributed by atoms with Crippen molar-refractivity contribution in [2.45, 2.75) is 43.4 Å². The van der Waals surface area contributed by atoms with Crippen LogP contribution < -0.4 is 0 Å². The van der Waals surface area contributed by atoms with E-state index in [1.807, 2.05) is 12.1 Å². The van der Waals surface area contributed by atoms with Crippen LogP contribution in [-0.4, -0.2) is 4.83 Å². The SMILES string of the molecule is Clc1cccc(CC2CCCCC(Br)C2)c1Cl.